The van der Waals surface area contributed by atoms with Gasteiger partial charge in [0.2, 0.25) is 5.91 Å². The van der Waals surface area contributed by atoms with E-state index in [2.05, 4.69) is 15.4 Å². The van der Waals surface area contributed by atoms with Crippen LogP contribution in [0.25, 0.3) is 0 Å². The smallest absolute Gasteiger partial charge is 0.324 e. The van der Waals surface area contributed by atoms with Crippen LogP contribution in [0.15, 0.2) is 24.5 Å². The Morgan fingerprint density at radius 2 is 2.00 bits per heavy atom. The zero-order chi connectivity index (χ0) is 16.6. The summed E-state index contributed by atoms with van der Waals surface area (Å²) < 4.78 is 39.9. The molecular weight excluding hydrogens is 333 g/mol. The first-order chi connectivity index (χ1) is 10.9. The molecule has 0 radical (unpaired) electrons. The van der Waals surface area contributed by atoms with Crippen molar-refractivity contribution in [2.75, 3.05) is 5.32 Å². The van der Waals surface area contributed by atoms with Gasteiger partial charge in [0, 0.05) is 24.0 Å². The van der Waals surface area contributed by atoms with Gasteiger partial charge in [0.05, 0.1) is 10.7 Å². The second kappa shape index (κ2) is 5.84. The van der Waals surface area contributed by atoms with Crippen LogP contribution in [0.2, 0.25) is 5.02 Å². The Balaban J connectivity index is 1.83. The van der Waals surface area contributed by atoms with Gasteiger partial charge in [-0.3, -0.25) is 14.5 Å². The topological polar surface area (TPSA) is 59.8 Å². The summed E-state index contributed by atoms with van der Waals surface area (Å²) in [4.78, 5) is 15.8. The number of aromatic nitrogens is 3. The molecule has 1 amide bonds. The Kier molecular flexibility index (Phi) is 4.01. The van der Waals surface area contributed by atoms with Gasteiger partial charge < -0.3 is 5.32 Å². The van der Waals surface area contributed by atoms with E-state index in [9.17, 15) is 18.0 Å². The molecule has 1 fully saturated rings. The Labute approximate surface area is 134 Å². The van der Waals surface area contributed by atoms with Crippen LogP contribution in [-0.4, -0.2) is 20.7 Å². The number of halogens is 4. The molecule has 1 N–H and O–H groups in total. The second-order valence-corrected chi connectivity index (χ2v) is 5.64. The minimum atomic E-state index is -4.65. The summed E-state index contributed by atoms with van der Waals surface area (Å²) in [6.45, 7) is -0.329. The predicted octanol–water partition coefficient (Wildman–Crippen LogP) is 3.47. The molecule has 0 atom stereocenters. The van der Waals surface area contributed by atoms with Crippen molar-refractivity contribution < 1.29 is 18.0 Å². The fourth-order valence-corrected chi connectivity index (χ4v) is 2.67. The van der Waals surface area contributed by atoms with Crippen LogP contribution in [0, 0.1) is 0 Å². The first-order valence-corrected chi connectivity index (χ1v) is 7.27. The molecule has 2 heterocycles. The van der Waals surface area contributed by atoms with Crippen LogP contribution < -0.4 is 5.32 Å². The second-order valence-electron chi connectivity index (χ2n) is 5.26. The lowest BCUT2D eigenvalue weighted by Crippen LogP contribution is -2.21. The van der Waals surface area contributed by atoms with Crippen molar-refractivity contribution in [3.05, 3.63) is 40.9 Å². The molecule has 1 saturated carbocycles. The summed E-state index contributed by atoms with van der Waals surface area (Å²) in [5.41, 5.74) is -0.353. The summed E-state index contributed by atoms with van der Waals surface area (Å²) >= 11 is 5.85. The molecule has 0 unspecified atom stereocenters. The van der Waals surface area contributed by atoms with Crippen molar-refractivity contribution in [1.29, 1.82) is 0 Å². The van der Waals surface area contributed by atoms with Gasteiger partial charge in [0.1, 0.15) is 6.54 Å². The Morgan fingerprint density at radius 3 is 2.57 bits per heavy atom. The summed E-state index contributed by atoms with van der Waals surface area (Å²) in [5, 5.41) is 5.68. The molecule has 9 heteroatoms. The van der Waals surface area contributed by atoms with Gasteiger partial charge in [0.25, 0.3) is 0 Å². The van der Waals surface area contributed by atoms with Crippen molar-refractivity contribution in [2.24, 2.45) is 0 Å². The average molecular weight is 345 g/mol. The van der Waals surface area contributed by atoms with Crippen LogP contribution in [0.3, 0.4) is 0 Å². The minimum absolute atomic E-state index is 0.0696. The Hall–Kier alpha value is -2.09. The zero-order valence-electron chi connectivity index (χ0n) is 11.8. The molecule has 23 heavy (non-hydrogen) atoms. The monoisotopic (exact) mass is 344 g/mol. The van der Waals surface area contributed by atoms with Crippen molar-refractivity contribution in [3.8, 4) is 0 Å². The summed E-state index contributed by atoms with van der Waals surface area (Å²) in [6, 6.07) is 3.16. The molecule has 0 aromatic carbocycles. The predicted molar refractivity (Wildman–Crippen MR) is 77.1 cm³/mol. The third-order valence-corrected chi connectivity index (χ3v) is 3.79. The van der Waals surface area contributed by atoms with E-state index in [0.29, 0.717) is 5.69 Å². The van der Waals surface area contributed by atoms with E-state index < -0.39 is 22.8 Å². The third-order valence-electron chi connectivity index (χ3n) is 3.42. The van der Waals surface area contributed by atoms with Crippen LogP contribution >= 0.6 is 11.6 Å². The largest absolute Gasteiger partial charge is 0.436 e. The molecule has 0 saturated heterocycles. The first kappa shape index (κ1) is 15.8. The highest BCUT2D eigenvalue weighted by molar-refractivity contribution is 6.32. The van der Waals surface area contributed by atoms with Crippen LogP contribution in [0.4, 0.5) is 18.9 Å². The number of nitrogens with one attached hydrogen (secondary N) is 1. The summed E-state index contributed by atoms with van der Waals surface area (Å²) in [6.07, 6.45) is -0.160. The van der Waals surface area contributed by atoms with Gasteiger partial charge >= 0.3 is 6.18 Å². The minimum Gasteiger partial charge on any atom is -0.324 e. The number of hydrogen-bond donors (Lipinski definition) is 1. The highest BCUT2D eigenvalue weighted by Crippen LogP contribution is 2.46. The molecular formula is C14H12ClF3N4O. The van der Waals surface area contributed by atoms with E-state index in [0.717, 1.165) is 17.5 Å². The van der Waals surface area contributed by atoms with Gasteiger partial charge in [-0.2, -0.15) is 18.3 Å². The molecule has 2 aromatic rings. The van der Waals surface area contributed by atoms with Crippen LogP contribution in [0.1, 0.15) is 30.1 Å². The number of alkyl halides is 3. The van der Waals surface area contributed by atoms with Gasteiger partial charge in [-0.15, -0.1) is 0 Å². The van der Waals surface area contributed by atoms with E-state index in [4.69, 9.17) is 11.6 Å². The fraction of sp³-hybridized carbons (Fsp3) is 0.357. The van der Waals surface area contributed by atoms with E-state index >= 15 is 0 Å². The van der Waals surface area contributed by atoms with Crippen molar-refractivity contribution in [2.45, 2.75) is 31.5 Å². The molecule has 0 aliphatic heterocycles. The maximum absolute atomic E-state index is 12.9. The molecule has 3 rings (SSSR count). The highest BCUT2D eigenvalue weighted by atomic mass is 35.5. The van der Waals surface area contributed by atoms with Crippen molar-refractivity contribution >= 4 is 23.2 Å². The van der Waals surface area contributed by atoms with Gasteiger partial charge in [-0.1, -0.05) is 11.6 Å². The van der Waals surface area contributed by atoms with Gasteiger partial charge in [-0.05, 0) is 25.0 Å². The van der Waals surface area contributed by atoms with Crippen molar-refractivity contribution in [1.82, 2.24) is 14.8 Å². The number of nitrogens with zero attached hydrogens (tertiary/aromatic N) is 3. The number of rotatable bonds is 4. The van der Waals surface area contributed by atoms with Crippen LogP contribution in [0.5, 0.6) is 0 Å². The average Bonchev–Trinajstić information content (AvgIpc) is 3.24. The molecule has 2 aromatic heterocycles. The number of amides is 1. The van der Waals surface area contributed by atoms with Gasteiger partial charge in [-0.25, -0.2) is 0 Å². The lowest BCUT2D eigenvalue weighted by Gasteiger charge is -2.08. The molecule has 5 nitrogen and oxygen atoms in total. The zero-order valence-corrected chi connectivity index (χ0v) is 12.5. The standard InChI is InChI=1S/C14H12ClF3N4O/c15-11-12(8-1-2-8)22(21-13(11)14(16,17)18)7-10(23)20-9-3-5-19-6-4-9/h3-6,8H,1-2,7H2,(H,19,20,23). The van der Waals surface area contributed by atoms with E-state index in [-0.39, 0.29) is 18.2 Å². The molecule has 122 valence electrons. The Morgan fingerprint density at radius 1 is 1.35 bits per heavy atom. The number of hydrogen-bond acceptors (Lipinski definition) is 3. The first-order valence-electron chi connectivity index (χ1n) is 6.89. The number of carbonyl (C=O) groups excluding carboxylic acids is 1. The number of carbonyl (C=O) groups is 1. The maximum atomic E-state index is 12.9. The lowest BCUT2D eigenvalue weighted by atomic mass is 10.2. The van der Waals surface area contributed by atoms with Gasteiger partial charge in [0.15, 0.2) is 5.69 Å². The van der Waals surface area contributed by atoms with E-state index in [1.165, 1.54) is 12.4 Å². The van der Waals surface area contributed by atoms with Crippen LogP contribution in [-0.2, 0) is 17.5 Å². The van der Waals surface area contributed by atoms with E-state index in [1.807, 2.05) is 0 Å². The SMILES string of the molecule is O=C(Cn1nc(C(F)(F)F)c(Cl)c1C1CC1)Nc1ccncc1. The van der Waals surface area contributed by atoms with Crippen molar-refractivity contribution in [3.63, 3.8) is 0 Å². The number of anilines is 1. The fourth-order valence-electron chi connectivity index (χ4n) is 2.27. The lowest BCUT2D eigenvalue weighted by molar-refractivity contribution is -0.141. The number of pyridine rings is 1. The summed E-state index contributed by atoms with van der Waals surface area (Å²) in [5.74, 6) is -0.550. The molecule has 1 aliphatic rings. The summed E-state index contributed by atoms with van der Waals surface area (Å²) in [7, 11) is 0. The molecule has 0 bridgehead atoms. The molecule has 1 aliphatic carbocycles. The molecule has 0 spiro atoms. The highest BCUT2D eigenvalue weighted by Gasteiger charge is 2.42. The Bertz CT molecular complexity index is 726. The quantitative estimate of drug-likeness (QED) is 0.924. The van der Waals surface area contributed by atoms with E-state index in [1.54, 1.807) is 12.1 Å². The third kappa shape index (κ3) is 3.47. The normalized spacial score (nSPS) is 14.8. The maximum Gasteiger partial charge on any atom is 0.436 e.